The van der Waals surface area contributed by atoms with Crippen LogP contribution in [0.25, 0.3) is 0 Å². The van der Waals surface area contributed by atoms with Gasteiger partial charge in [0.15, 0.2) is 0 Å². The first-order valence-corrected chi connectivity index (χ1v) is 29.8. The van der Waals surface area contributed by atoms with Crippen molar-refractivity contribution in [2.45, 2.75) is 64.9 Å². The Morgan fingerprint density at radius 1 is 0.407 bits per heavy atom. The standard InChI is InChI=1S/C60H37F12O13S4.2Na/c1-4-5-34-86-53-35-49(88(76,77)50-31-33-52(54(36-50)89(78,79)85-73)84-46-20-12-40(13-21-46)55(57(61,62)63,58(64,65)66)37-6-14-41(80-2)15-7-37)30-32-51(53)83-45-18-10-39(11-19-45)56(59(67,68)69,60(70,71)72)38-8-16-43(17-9-38)82-44-24-28-48(29-25-44)87(74,75)47-26-22-42(81-3)23-27-47;;/h6-33,35-36,73H,2-3H3;;/q-1;2*+1/p-1. The smallest absolute Gasteiger partial charge is 0.707 e. The molecular formula is C60H36F12Na2O13S4. The average molecular weight is 1370 g/mol. The van der Waals surface area contributed by atoms with Gasteiger partial charge in [-0.1, -0.05) is 60.3 Å². The minimum absolute atomic E-state index is 0. The summed E-state index contributed by atoms with van der Waals surface area (Å²) < 4.78 is 291. The summed E-state index contributed by atoms with van der Waals surface area (Å²) in [5.41, 5.74) is -14.6. The molecule has 0 amide bonds. The number of thioether (sulfide) groups is 1. The molecular weight excluding hydrogens is 1330 g/mol. The second kappa shape index (κ2) is 28.2. The van der Waals surface area contributed by atoms with E-state index in [1.165, 1.54) is 55.6 Å². The number of ether oxygens (including phenoxy) is 5. The van der Waals surface area contributed by atoms with Gasteiger partial charge < -0.3 is 39.7 Å². The number of sulfone groups is 2. The molecule has 0 unspecified atom stereocenters. The van der Waals surface area contributed by atoms with Crippen LogP contribution < -0.4 is 88.1 Å². The molecule has 464 valence electrons. The van der Waals surface area contributed by atoms with Crippen LogP contribution in [0.3, 0.4) is 0 Å². The summed E-state index contributed by atoms with van der Waals surface area (Å²) in [6, 6.07) is 24.8. The SMILES string of the molecule is [C-]#CC#CSc1cc(S(=O)(=O)c2ccc(Oc3ccc(C(c4ccc(OC)cc4)(C(F)(F)F)C(F)(F)F)cc3)c(S(=O)(=O)O[O-])c2)ccc1Oc1ccc(C(c2ccc(Oc3ccc(S(=O)(=O)c4ccc(OC)cc4)cc3)cc2)(C(F)(F)F)C(F)(F)F)cc1.[Na+].[Na+]. The first kappa shape index (κ1) is 73.2. The summed E-state index contributed by atoms with van der Waals surface area (Å²) in [7, 11) is -12.0. The minimum Gasteiger partial charge on any atom is -0.707 e. The summed E-state index contributed by atoms with van der Waals surface area (Å²) in [5, 5.41) is 13.9. The molecule has 0 saturated carbocycles. The Morgan fingerprint density at radius 3 is 1.05 bits per heavy atom. The Labute approximate surface area is 560 Å². The van der Waals surface area contributed by atoms with Crippen LogP contribution in [0.4, 0.5) is 52.7 Å². The third-order valence-corrected chi connectivity index (χ3v) is 18.7. The summed E-state index contributed by atoms with van der Waals surface area (Å²) in [4.78, 5) is -3.40. The van der Waals surface area contributed by atoms with Gasteiger partial charge in [0, 0.05) is 0 Å². The van der Waals surface area contributed by atoms with E-state index in [0.29, 0.717) is 90.3 Å². The number of alkyl halides is 12. The van der Waals surface area contributed by atoms with Crippen LogP contribution in [0, 0.1) is 23.5 Å². The molecule has 91 heavy (non-hydrogen) atoms. The monoisotopic (exact) mass is 1370 g/mol. The van der Waals surface area contributed by atoms with E-state index < -0.39 is 120 Å². The predicted octanol–water partition coefficient (Wildman–Crippen LogP) is 8.20. The predicted molar refractivity (Wildman–Crippen MR) is 291 cm³/mol. The molecule has 0 bridgehead atoms. The van der Waals surface area contributed by atoms with Crippen molar-refractivity contribution in [3.05, 3.63) is 211 Å². The fourth-order valence-corrected chi connectivity index (χ4v) is 13.2. The molecule has 13 nitrogen and oxygen atoms in total. The van der Waals surface area contributed by atoms with Crippen molar-refractivity contribution in [1.29, 1.82) is 0 Å². The molecule has 8 aromatic carbocycles. The van der Waals surface area contributed by atoms with Gasteiger partial charge in [-0.15, -0.1) is 5.25 Å². The molecule has 0 aromatic heterocycles. The van der Waals surface area contributed by atoms with Gasteiger partial charge in [-0.25, -0.2) is 22.8 Å². The van der Waals surface area contributed by atoms with Crippen LogP contribution in [-0.2, 0) is 45.0 Å². The molecule has 31 heteroatoms. The van der Waals surface area contributed by atoms with Crippen LogP contribution in [0.5, 0.6) is 46.0 Å². The van der Waals surface area contributed by atoms with Crippen molar-refractivity contribution in [2.24, 2.45) is 0 Å². The van der Waals surface area contributed by atoms with E-state index in [2.05, 4.69) is 15.5 Å². The molecule has 0 aliphatic rings. The Hall–Kier alpha value is -6.84. The third kappa shape index (κ3) is 14.7. The van der Waals surface area contributed by atoms with Gasteiger partial charge in [0.05, 0.1) is 38.7 Å². The largest absolute Gasteiger partial charge is 1.00 e. The van der Waals surface area contributed by atoms with E-state index in [0.717, 1.165) is 67.8 Å². The number of benzene rings is 8. The van der Waals surface area contributed by atoms with E-state index in [-0.39, 0.29) is 96.8 Å². The van der Waals surface area contributed by atoms with Crippen LogP contribution >= 0.6 is 11.8 Å². The molecule has 8 rings (SSSR count). The van der Waals surface area contributed by atoms with Crippen molar-refractivity contribution >= 4 is 41.6 Å². The van der Waals surface area contributed by atoms with Crippen LogP contribution in [0.15, 0.2) is 211 Å². The molecule has 8 aromatic rings. The van der Waals surface area contributed by atoms with Gasteiger partial charge in [0.1, 0.15) is 50.9 Å². The molecule has 0 fully saturated rings. The summed E-state index contributed by atoms with van der Waals surface area (Å²) in [6.07, 6.45) is -17.0. The van der Waals surface area contributed by atoms with Crippen LogP contribution in [-0.4, -0.2) is 64.2 Å². The van der Waals surface area contributed by atoms with E-state index in [1.54, 1.807) is 5.92 Å². The molecule has 0 spiro atoms. The number of halogens is 12. The Balaban J connectivity index is 0.00000658. The van der Waals surface area contributed by atoms with Crippen molar-refractivity contribution < 1.29 is 170 Å². The van der Waals surface area contributed by atoms with E-state index >= 15 is 26.3 Å². The van der Waals surface area contributed by atoms with Crippen molar-refractivity contribution in [1.82, 2.24) is 0 Å². The molecule has 0 saturated heterocycles. The fourth-order valence-electron chi connectivity index (χ4n) is 9.13. The maximum atomic E-state index is 15.2. The van der Waals surface area contributed by atoms with Gasteiger partial charge in [-0.05, 0) is 156 Å². The van der Waals surface area contributed by atoms with Gasteiger partial charge >= 0.3 is 83.8 Å². The second-order valence-electron chi connectivity index (χ2n) is 18.4. The average Bonchev–Trinajstić information content (AvgIpc) is 0.755. The Morgan fingerprint density at radius 2 is 0.703 bits per heavy atom. The Kier molecular flexibility index (Phi) is 22.7. The number of hydrogen-bond acceptors (Lipinski definition) is 14. The van der Waals surface area contributed by atoms with E-state index in [4.69, 9.17) is 30.1 Å². The number of methoxy groups -OCH3 is 2. The maximum absolute atomic E-state index is 15.2. The van der Waals surface area contributed by atoms with Gasteiger partial charge in [-0.3, -0.25) is 5.92 Å². The van der Waals surface area contributed by atoms with Crippen LogP contribution in [0.2, 0.25) is 0 Å². The zero-order valence-electron chi connectivity index (χ0n) is 46.8. The molecule has 0 heterocycles. The molecule has 0 aliphatic heterocycles. The van der Waals surface area contributed by atoms with Gasteiger partial charge in [0.2, 0.25) is 30.5 Å². The quantitative estimate of drug-likeness (QED) is 0.0144. The molecule has 0 radical (unpaired) electrons. The third-order valence-electron chi connectivity index (χ3n) is 13.4. The maximum Gasteiger partial charge on any atom is 1.00 e. The van der Waals surface area contributed by atoms with E-state index in [1.807, 2.05) is 0 Å². The summed E-state index contributed by atoms with van der Waals surface area (Å²) >= 11 is 0.475. The van der Waals surface area contributed by atoms with E-state index in [9.17, 15) is 56.9 Å². The fraction of sp³-hybridized carbons (Fsp3) is 0.133. The van der Waals surface area contributed by atoms with Crippen molar-refractivity contribution in [3.8, 4) is 63.1 Å². The van der Waals surface area contributed by atoms with Crippen molar-refractivity contribution in [3.63, 3.8) is 0 Å². The zero-order valence-corrected chi connectivity index (χ0v) is 54.1. The number of hydrogen-bond donors (Lipinski definition) is 0. The summed E-state index contributed by atoms with van der Waals surface area (Å²) in [6.45, 7) is 0. The Bertz CT molecular complexity index is 4340. The molecule has 0 aliphatic carbocycles. The summed E-state index contributed by atoms with van der Waals surface area (Å²) in [5.74, 6) is 1.63. The van der Waals surface area contributed by atoms with Crippen molar-refractivity contribution in [2.75, 3.05) is 14.2 Å². The normalized spacial score (nSPS) is 12.4. The zero-order chi connectivity index (χ0) is 65.2. The second-order valence-corrected chi connectivity index (χ2v) is 24.7. The van der Waals surface area contributed by atoms with Gasteiger partial charge in [0.25, 0.3) is 10.1 Å². The van der Waals surface area contributed by atoms with Crippen LogP contribution in [0.1, 0.15) is 22.3 Å². The molecule has 0 N–H and O–H groups in total. The number of rotatable bonds is 19. The first-order valence-electron chi connectivity index (χ1n) is 24.6. The molecule has 0 atom stereocenters. The first-order chi connectivity index (χ1) is 41.7. The minimum atomic E-state index is -6.07. The topological polar surface area (TPSA) is 181 Å². The van der Waals surface area contributed by atoms with Gasteiger partial charge in [-0.2, -0.15) is 61.1 Å².